The lowest BCUT2D eigenvalue weighted by Crippen LogP contribution is -2.14. The summed E-state index contributed by atoms with van der Waals surface area (Å²) >= 11 is 0. The molecule has 0 heterocycles. The van der Waals surface area contributed by atoms with Crippen molar-refractivity contribution in [3.05, 3.63) is 23.8 Å². The lowest BCUT2D eigenvalue weighted by molar-refractivity contribution is 0.415. The summed E-state index contributed by atoms with van der Waals surface area (Å²) in [6.07, 6.45) is 2.28. The molecule has 0 unspecified atom stereocenters. The zero-order valence-electron chi connectivity index (χ0n) is 10.8. The van der Waals surface area contributed by atoms with Crippen LogP contribution >= 0.6 is 0 Å². The second-order valence-corrected chi connectivity index (χ2v) is 4.06. The van der Waals surface area contributed by atoms with Crippen molar-refractivity contribution in [3.8, 4) is 11.8 Å². The van der Waals surface area contributed by atoms with Crippen LogP contribution in [-0.2, 0) is 0 Å². The van der Waals surface area contributed by atoms with Crippen molar-refractivity contribution in [1.29, 1.82) is 5.26 Å². The van der Waals surface area contributed by atoms with Crippen LogP contribution in [0.1, 0.15) is 32.3 Å². The Bertz CT molecular complexity index is 392. The highest BCUT2D eigenvalue weighted by Crippen LogP contribution is 2.28. The number of methoxy groups -OCH3 is 1. The fourth-order valence-corrected chi connectivity index (χ4v) is 1.80. The van der Waals surface area contributed by atoms with Crippen LogP contribution in [0.15, 0.2) is 18.2 Å². The number of rotatable bonds is 6. The summed E-state index contributed by atoms with van der Waals surface area (Å²) in [7, 11) is 1.62. The molecule has 0 atom stereocenters. The van der Waals surface area contributed by atoms with Gasteiger partial charge in [-0.25, -0.2) is 0 Å². The second kappa shape index (κ2) is 6.80. The van der Waals surface area contributed by atoms with Crippen LogP contribution in [0.5, 0.6) is 5.75 Å². The van der Waals surface area contributed by atoms with Gasteiger partial charge in [-0.2, -0.15) is 5.26 Å². The summed E-state index contributed by atoms with van der Waals surface area (Å²) in [6, 6.07) is 7.70. The molecular formula is C14H20N2O. The van der Waals surface area contributed by atoms with Crippen LogP contribution in [0.3, 0.4) is 0 Å². The van der Waals surface area contributed by atoms with E-state index in [0.717, 1.165) is 30.8 Å². The van der Waals surface area contributed by atoms with E-state index in [4.69, 9.17) is 10.00 Å². The maximum atomic E-state index is 9.07. The van der Waals surface area contributed by atoms with E-state index in [2.05, 4.69) is 25.2 Å². The first-order valence-corrected chi connectivity index (χ1v) is 6.07. The predicted molar refractivity (Wildman–Crippen MR) is 70.3 cm³/mol. The minimum Gasteiger partial charge on any atom is -0.495 e. The smallest absolute Gasteiger partial charge is 0.143 e. The van der Waals surface area contributed by atoms with Crippen LogP contribution in [0, 0.1) is 17.2 Å². The molecule has 3 nitrogen and oxygen atoms in total. The van der Waals surface area contributed by atoms with Gasteiger partial charge in [0.15, 0.2) is 0 Å². The molecular weight excluding hydrogens is 212 g/mol. The Morgan fingerprint density at radius 3 is 2.59 bits per heavy atom. The molecule has 0 radical (unpaired) electrons. The van der Waals surface area contributed by atoms with Gasteiger partial charge in [-0.3, -0.25) is 0 Å². The van der Waals surface area contributed by atoms with E-state index in [1.54, 1.807) is 13.2 Å². The Kier molecular flexibility index (Phi) is 5.35. The molecule has 0 spiro atoms. The molecule has 1 aromatic carbocycles. The Hall–Kier alpha value is -1.69. The highest BCUT2D eigenvalue weighted by atomic mass is 16.5. The topological polar surface area (TPSA) is 45.0 Å². The molecule has 0 amide bonds. The summed E-state index contributed by atoms with van der Waals surface area (Å²) in [5, 5.41) is 12.4. The SMILES string of the molecule is CCC(CC)CNc1c(C#N)cccc1OC. The lowest BCUT2D eigenvalue weighted by Gasteiger charge is -2.17. The first-order chi connectivity index (χ1) is 8.26. The number of para-hydroxylation sites is 1. The van der Waals surface area contributed by atoms with Gasteiger partial charge in [-0.15, -0.1) is 0 Å². The van der Waals surface area contributed by atoms with Gasteiger partial charge < -0.3 is 10.1 Å². The summed E-state index contributed by atoms with van der Waals surface area (Å²) < 4.78 is 5.27. The molecule has 17 heavy (non-hydrogen) atoms. The van der Waals surface area contributed by atoms with E-state index in [1.807, 2.05) is 12.1 Å². The molecule has 0 aliphatic rings. The average molecular weight is 232 g/mol. The van der Waals surface area contributed by atoms with Gasteiger partial charge in [0.2, 0.25) is 0 Å². The van der Waals surface area contributed by atoms with Crippen LogP contribution < -0.4 is 10.1 Å². The van der Waals surface area contributed by atoms with Gasteiger partial charge in [0.05, 0.1) is 18.4 Å². The van der Waals surface area contributed by atoms with E-state index in [0.29, 0.717) is 11.5 Å². The normalized spacial score (nSPS) is 10.1. The van der Waals surface area contributed by atoms with Crippen molar-refractivity contribution >= 4 is 5.69 Å². The quantitative estimate of drug-likeness (QED) is 0.817. The molecule has 0 fully saturated rings. The van der Waals surface area contributed by atoms with Crippen molar-refractivity contribution in [3.63, 3.8) is 0 Å². The van der Waals surface area contributed by atoms with Gasteiger partial charge in [0, 0.05) is 6.54 Å². The molecule has 0 aromatic heterocycles. The predicted octanol–water partition coefficient (Wildman–Crippen LogP) is 3.41. The molecule has 92 valence electrons. The largest absolute Gasteiger partial charge is 0.495 e. The van der Waals surface area contributed by atoms with Gasteiger partial charge in [0.1, 0.15) is 11.8 Å². The van der Waals surface area contributed by atoms with Gasteiger partial charge in [-0.05, 0) is 18.1 Å². The van der Waals surface area contributed by atoms with Crippen LogP contribution in [0.4, 0.5) is 5.69 Å². The number of hydrogen-bond donors (Lipinski definition) is 1. The summed E-state index contributed by atoms with van der Waals surface area (Å²) in [6.45, 7) is 5.24. The van der Waals surface area contributed by atoms with Gasteiger partial charge in [0.25, 0.3) is 0 Å². The summed E-state index contributed by atoms with van der Waals surface area (Å²) in [5.41, 5.74) is 1.44. The number of nitriles is 1. The van der Waals surface area contributed by atoms with Crippen molar-refractivity contribution in [2.24, 2.45) is 5.92 Å². The molecule has 0 saturated heterocycles. The highest BCUT2D eigenvalue weighted by molar-refractivity contribution is 5.66. The number of hydrogen-bond acceptors (Lipinski definition) is 3. The minimum absolute atomic E-state index is 0.631. The van der Waals surface area contributed by atoms with Crippen LogP contribution in [-0.4, -0.2) is 13.7 Å². The highest BCUT2D eigenvalue weighted by Gasteiger charge is 2.10. The molecule has 3 heteroatoms. The van der Waals surface area contributed by atoms with Gasteiger partial charge in [-0.1, -0.05) is 32.8 Å². The van der Waals surface area contributed by atoms with E-state index in [-0.39, 0.29) is 0 Å². The third-order valence-electron chi connectivity index (χ3n) is 3.09. The maximum Gasteiger partial charge on any atom is 0.143 e. The van der Waals surface area contributed by atoms with Crippen LogP contribution in [0.25, 0.3) is 0 Å². The third-order valence-corrected chi connectivity index (χ3v) is 3.09. The van der Waals surface area contributed by atoms with Crippen molar-refractivity contribution < 1.29 is 4.74 Å². The minimum atomic E-state index is 0.631. The van der Waals surface area contributed by atoms with E-state index >= 15 is 0 Å². The second-order valence-electron chi connectivity index (χ2n) is 4.06. The summed E-state index contributed by atoms with van der Waals surface area (Å²) in [4.78, 5) is 0. The number of nitrogens with zero attached hydrogens (tertiary/aromatic N) is 1. The Morgan fingerprint density at radius 1 is 1.35 bits per heavy atom. The Balaban J connectivity index is 2.85. The molecule has 0 saturated carbocycles. The average Bonchev–Trinajstić information content (AvgIpc) is 2.39. The van der Waals surface area contributed by atoms with Crippen molar-refractivity contribution in [1.82, 2.24) is 0 Å². The fourth-order valence-electron chi connectivity index (χ4n) is 1.80. The zero-order chi connectivity index (χ0) is 12.7. The number of ether oxygens (including phenoxy) is 1. The van der Waals surface area contributed by atoms with E-state index in [9.17, 15) is 0 Å². The standard InChI is InChI=1S/C14H20N2O/c1-4-11(5-2)10-16-14-12(9-15)7-6-8-13(14)17-3/h6-8,11,16H,4-5,10H2,1-3H3. The third kappa shape index (κ3) is 3.39. The molecule has 0 bridgehead atoms. The molecule has 0 aliphatic carbocycles. The maximum absolute atomic E-state index is 9.07. The number of benzene rings is 1. The Morgan fingerprint density at radius 2 is 2.06 bits per heavy atom. The van der Waals surface area contributed by atoms with Crippen molar-refractivity contribution in [2.75, 3.05) is 19.0 Å². The van der Waals surface area contributed by atoms with Gasteiger partial charge >= 0.3 is 0 Å². The van der Waals surface area contributed by atoms with E-state index in [1.165, 1.54) is 0 Å². The lowest BCUT2D eigenvalue weighted by atomic mass is 10.0. The first-order valence-electron chi connectivity index (χ1n) is 6.07. The fraction of sp³-hybridized carbons (Fsp3) is 0.500. The molecule has 0 aliphatic heterocycles. The molecule has 1 aromatic rings. The number of nitrogens with one attached hydrogen (secondary N) is 1. The van der Waals surface area contributed by atoms with Crippen molar-refractivity contribution in [2.45, 2.75) is 26.7 Å². The molecule has 1 rings (SSSR count). The van der Waals surface area contributed by atoms with Crippen LogP contribution in [0.2, 0.25) is 0 Å². The zero-order valence-corrected chi connectivity index (χ0v) is 10.8. The Labute approximate surface area is 103 Å². The summed E-state index contributed by atoms with van der Waals surface area (Å²) in [5.74, 6) is 1.36. The van der Waals surface area contributed by atoms with E-state index < -0.39 is 0 Å². The molecule has 1 N–H and O–H groups in total. The monoisotopic (exact) mass is 232 g/mol. The number of anilines is 1. The first kappa shape index (κ1) is 13.4.